The molecule has 8 nitrogen and oxygen atoms in total. The fourth-order valence-electron chi connectivity index (χ4n) is 2.97. The Balaban J connectivity index is 1.89. The van der Waals surface area contributed by atoms with E-state index >= 15 is 0 Å². The molecule has 0 atom stereocenters. The molecular formula is C22H19Cl3N4O4S2. The van der Waals surface area contributed by atoms with Crippen LogP contribution in [0.2, 0.25) is 15.1 Å². The normalized spacial score (nSPS) is 10.6. The number of hydrogen-bond donors (Lipinski definition) is 2. The third-order valence-corrected chi connectivity index (χ3v) is 7.31. The van der Waals surface area contributed by atoms with E-state index in [0.29, 0.717) is 10.6 Å². The number of halogens is 3. The highest BCUT2D eigenvalue weighted by Gasteiger charge is 2.24. The second-order valence-corrected chi connectivity index (χ2v) is 9.92. The number of hydrogen-bond acceptors (Lipinski definition) is 7. The highest BCUT2D eigenvalue weighted by atomic mass is 35.5. The van der Waals surface area contributed by atoms with E-state index in [-0.39, 0.29) is 49.5 Å². The number of amides is 3. The van der Waals surface area contributed by atoms with Crippen LogP contribution in [0, 0.1) is 0 Å². The molecule has 2 aromatic heterocycles. The van der Waals surface area contributed by atoms with Crippen LogP contribution in [0.4, 0.5) is 16.3 Å². The van der Waals surface area contributed by atoms with E-state index in [1.807, 2.05) is 0 Å². The molecule has 0 aliphatic carbocycles. The minimum atomic E-state index is -0.578. The lowest BCUT2D eigenvalue weighted by Gasteiger charge is -2.16. The first-order valence-electron chi connectivity index (χ1n) is 9.81. The molecule has 2 heterocycles. The van der Waals surface area contributed by atoms with Crippen molar-refractivity contribution in [1.29, 1.82) is 0 Å². The molecule has 0 aliphatic rings. The Bertz CT molecular complexity index is 1270. The topological polar surface area (TPSA) is 101 Å². The predicted octanol–water partition coefficient (Wildman–Crippen LogP) is 6.53. The fraction of sp³-hybridized carbons (Fsp3) is 0.182. The first kappa shape index (κ1) is 27.1. The maximum Gasteiger partial charge on any atom is 0.281 e. The van der Waals surface area contributed by atoms with Crippen molar-refractivity contribution >= 4 is 86.5 Å². The SMILES string of the molecule is COc1cc(Cl)cc(C(=O)Nc2ccc(Cl)cn2)c1NC(=O)c1scc(CN(C)C(=O)SC)c1Cl. The molecule has 0 fully saturated rings. The predicted molar refractivity (Wildman–Crippen MR) is 143 cm³/mol. The number of thioether (sulfide) groups is 1. The van der Waals surface area contributed by atoms with Gasteiger partial charge in [-0.15, -0.1) is 11.3 Å². The smallest absolute Gasteiger partial charge is 0.281 e. The number of thiophene rings is 1. The maximum absolute atomic E-state index is 13.1. The van der Waals surface area contributed by atoms with Gasteiger partial charge in [0.05, 0.1) is 28.4 Å². The van der Waals surface area contributed by atoms with Gasteiger partial charge in [-0.3, -0.25) is 14.4 Å². The van der Waals surface area contributed by atoms with Crippen LogP contribution >= 0.6 is 57.9 Å². The van der Waals surface area contributed by atoms with Gasteiger partial charge in [-0.1, -0.05) is 46.6 Å². The lowest BCUT2D eigenvalue weighted by molar-refractivity contribution is 0.102. The fourth-order valence-corrected chi connectivity index (χ4v) is 4.91. The van der Waals surface area contributed by atoms with Crippen molar-refractivity contribution in [1.82, 2.24) is 9.88 Å². The number of anilines is 2. The van der Waals surface area contributed by atoms with Crippen LogP contribution in [-0.2, 0) is 6.54 Å². The lowest BCUT2D eigenvalue weighted by Crippen LogP contribution is -2.22. The van der Waals surface area contributed by atoms with Gasteiger partial charge in [0, 0.05) is 36.4 Å². The molecule has 0 saturated carbocycles. The van der Waals surface area contributed by atoms with Gasteiger partial charge in [0.1, 0.15) is 16.4 Å². The molecule has 0 bridgehead atoms. The number of benzene rings is 1. The molecule has 3 rings (SSSR count). The van der Waals surface area contributed by atoms with Crippen molar-refractivity contribution in [3.05, 3.63) is 66.9 Å². The zero-order chi connectivity index (χ0) is 25.7. The van der Waals surface area contributed by atoms with Gasteiger partial charge < -0.3 is 20.3 Å². The third kappa shape index (κ3) is 6.59. The van der Waals surface area contributed by atoms with Gasteiger partial charge in [-0.25, -0.2) is 4.98 Å². The molecule has 0 saturated heterocycles. The molecule has 0 spiro atoms. The minimum absolute atomic E-state index is 0.0534. The molecule has 3 aromatic rings. The summed E-state index contributed by atoms with van der Waals surface area (Å²) in [6, 6.07) is 5.98. The molecule has 184 valence electrons. The number of nitrogens with zero attached hydrogens (tertiary/aromatic N) is 2. The second-order valence-electron chi connectivity index (χ2n) is 7.03. The van der Waals surface area contributed by atoms with Crippen molar-refractivity contribution in [2.75, 3.05) is 31.0 Å². The monoisotopic (exact) mass is 572 g/mol. The van der Waals surface area contributed by atoms with Crippen LogP contribution in [-0.4, -0.2) is 47.4 Å². The van der Waals surface area contributed by atoms with Crippen LogP contribution in [0.1, 0.15) is 25.6 Å². The number of methoxy groups -OCH3 is 1. The maximum atomic E-state index is 13.1. The largest absolute Gasteiger partial charge is 0.494 e. The van der Waals surface area contributed by atoms with E-state index in [1.54, 1.807) is 24.7 Å². The van der Waals surface area contributed by atoms with E-state index in [9.17, 15) is 14.4 Å². The van der Waals surface area contributed by atoms with Crippen LogP contribution in [0.15, 0.2) is 35.8 Å². The molecule has 0 radical (unpaired) electrons. The highest BCUT2D eigenvalue weighted by Crippen LogP contribution is 2.35. The van der Waals surface area contributed by atoms with E-state index in [0.717, 1.165) is 23.1 Å². The van der Waals surface area contributed by atoms with Gasteiger partial charge in [0.2, 0.25) is 0 Å². The Morgan fingerprint density at radius 2 is 1.86 bits per heavy atom. The summed E-state index contributed by atoms with van der Waals surface area (Å²) in [5, 5.41) is 7.78. The van der Waals surface area contributed by atoms with Crippen molar-refractivity contribution in [2.45, 2.75) is 6.54 Å². The molecule has 35 heavy (non-hydrogen) atoms. The lowest BCUT2D eigenvalue weighted by atomic mass is 10.1. The number of rotatable bonds is 7. The number of nitrogens with one attached hydrogen (secondary N) is 2. The second kappa shape index (κ2) is 12.0. The Morgan fingerprint density at radius 1 is 1.11 bits per heavy atom. The quantitative estimate of drug-likeness (QED) is 0.333. The number of carbonyl (C=O) groups excluding carboxylic acids is 3. The third-order valence-electron chi connectivity index (χ3n) is 4.64. The van der Waals surface area contributed by atoms with Crippen molar-refractivity contribution in [3.8, 4) is 5.75 Å². The molecule has 13 heteroatoms. The minimum Gasteiger partial charge on any atom is -0.494 e. The molecule has 0 aliphatic heterocycles. The van der Waals surface area contributed by atoms with Crippen LogP contribution in [0.25, 0.3) is 0 Å². The average Bonchev–Trinajstić information content (AvgIpc) is 3.20. The summed E-state index contributed by atoms with van der Waals surface area (Å²) in [6.45, 7) is 0.244. The van der Waals surface area contributed by atoms with Gasteiger partial charge in [-0.05, 0) is 29.8 Å². The summed E-state index contributed by atoms with van der Waals surface area (Å²) in [5.74, 6) is -0.695. The Morgan fingerprint density at radius 3 is 2.49 bits per heavy atom. The Labute approximate surface area is 224 Å². The average molecular weight is 574 g/mol. The van der Waals surface area contributed by atoms with Crippen molar-refractivity contribution < 1.29 is 19.1 Å². The van der Waals surface area contributed by atoms with Crippen LogP contribution in [0.3, 0.4) is 0 Å². The van der Waals surface area contributed by atoms with E-state index in [4.69, 9.17) is 39.5 Å². The summed E-state index contributed by atoms with van der Waals surface area (Å²) in [7, 11) is 3.03. The zero-order valence-electron chi connectivity index (χ0n) is 18.6. The summed E-state index contributed by atoms with van der Waals surface area (Å²) in [4.78, 5) is 43.8. The molecule has 1 aromatic carbocycles. The number of aromatic nitrogens is 1. The van der Waals surface area contributed by atoms with Crippen molar-refractivity contribution in [2.24, 2.45) is 0 Å². The highest BCUT2D eigenvalue weighted by molar-refractivity contribution is 8.12. The number of ether oxygens (including phenoxy) is 1. The van der Waals surface area contributed by atoms with Gasteiger partial charge in [-0.2, -0.15) is 0 Å². The number of carbonyl (C=O) groups is 3. The van der Waals surface area contributed by atoms with E-state index < -0.39 is 11.8 Å². The summed E-state index contributed by atoms with van der Waals surface area (Å²) in [6.07, 6.45) is 3.07. The summed E-state index contributed by atoms with van der Waals surface area (Å²) in [5.41, 5.74) is 0.785. The summed E-state index contributed by atoms with van der Waals surface area (Å²) < 4.78 is 5.36. The van der Waals surface area contributed by atoms with E-state index in [1.165, 1.54) is 36.4 Å². The first-order valence-corrected chi connectivity index (χ1v) is 13.0. The van der Waals surface area contributed by atoms with Gasteiger partial charge in [0.25, 0.3) is 17.1 Å². The van der Waals surface area contributed by atoms with Crippen molar-refractivity contribution in [3.63, 3.8) is 0 Å². The van der Waals surface area contributed by atoms with Gasteiger partial charge in [0.15, 0.2) is 0 Å². The van der Waals surface area contributed by atoms with Crippen LogP contribution in [0.5, 0.6) is 5.75 Å². The van der Waals surface area contributed by atoms with Crippen LogP contribution < -0.4 is 15.4 Å². The number of pyridine rings is 1. The Kier molecular flexibility index (Phi) is 9.26. The first-order chi connectivity index (χ1) is 16.6. The zero-order valence-corrected chi connectivity index (χ0v) is 22.5. The molecular weight excluding hydrogens is 555 g/mol. The molecule has 3 amide bonds. The standard InChI is InChI=1S/C22H19Cl3N4O4S2/c1-29(22(32)34-3)9-11-10-35-19(17(11)25)21(31)28-18-14(6-13(24)7-15(18)33-2)20(30)27-16-5-4-12(23)8-26-16/h4-8,10H,9H2,1-3H3,(H,28,31)(H,26,27,30). The Hall–Kier alpha value is -2.50. The summed E-state index contributed by atoms with van der Waals surface area (Å²) >= 11 is 20.7. The van der Waals surface area contributed by atoms with E-state index in [2.05, 4.69) is 15.6 Å². The molecule has 2 N–H and O–H groups in total. The van der Waals surface area contributed by atoms with Gasteiger partial charge >= 0.3 is 0 Å². The molecule has 0 unspecified atom stereocenters.